The van der Waals surface area contributed by atoms with Gasteiger partial charge in [0.05, 0.1) is 26.6 Å². The van der Waals surface area contributed by atoms with Crippen molar-refractivity contribution in [1.82, 2.24) is 0 Å². The quantitative estimate of drug-likeness (QED) is 0.380. The SMILES string of the molecule is CCCc1c(OCCCOS(C)(=O)=O)c(=O)oc2cc(OC)ccc12. The van der Waals surface area contributed by atoms with E-state index in [1.165, 1.54) is 0 Å². The number of benzene rings is 1. The van der Waals surface area contributed by atoms with Gasteiger partial charge in [0.25, 0.3) is 10.1 Å². The molecule has 0 radical (unpaired) electrons. The molecule has 1 aromatic heterocycles. The summed E-state index contributed by atoms with van der Waals surface area (Å²) < 4.78 is 42.6. The van der Waals surface area contributed by atoms with E-state index in [4.69, 9.17) is 13.9 Å². The molecule has 0 aliphatic heterocycles. The lowest BCUT2D eigenvalue weighted by Gasteiger charge is -2.12. The molecule has 138 valence electrons. The van der Waals surface area contributed by atoms with Gasteiger partial charge in [-0.2, -0.15) is 8.42 Å². The molecule has 0 amide bonds. The van der Waals surface area contributed by atoms with E-state index in [1.54, 1.807) is 19.2 Å². The summed E-state index contributed by atoms with van der Waals surface area (Å²) in [4.78, 5) is 12.3. The summed E-state index contributed by atoms with van der Waals surface area (Å²) in [7, 11) is -1.93. The topological polar surface area (TPSA) is 92.0 Å². The lowest BCUT2D eigenvalue weighted by Crippen LogP contribution is -2.14. The Hall–Kier alpha value is -2.06. The highest BCUT2D eigenvalue weighted by Crippen LogP contribution is 2.29. The van der Waals surface area contributed by atoms with Crippen LogP contribution in [-0.2, 0) is 20.7 Å². The van der Waals surface area contributed by atoms with Crippen molar-refractivity contribution in [2.45, 2.75) is 26.2 Å². The summed E-state index contributed by atoms with van der Waals surface area (Å²) in [5.74, 6) is 0.767. The molecule has 0 fully saturated rings. The summed E-state index contributed by atoms with van der Waals surface area (Å²) in [5.41, 5.74) is 0.661. The zero-order valence-electron chi connectivity index (χ0n) is 14.5. The largest absolute Gasteiger partial charge is 0.497 e. The Balaban J connectivity index is 2.24. The Morgan fingerprint density at radius 1 is 1.20 bits per heavy atom. The number of rotatable bonds is 9. The molecule has 2 rings (SSSR count). The maximum atomic E-state index is 12.3. The molecule has 7 nitrogen and oxygen atoms in total. The zero-order valence-corrected chi connectivity index (χ0v) is 15.4. The minimum atomic E-state index is -3.48. The molecule has 0 bridgehead atoms. The van der Waals surface area contributed by atoms with E-state index >= 15 is 0 Å². The van der Waals surface area contributed by atoms with Crippen molar-refractivity contribution in [3.63, 3.8) is 0 Å². The first-order chi connectivity index (χ1) is 11.9. The lowest BCUT2D eigenvalue weighted by atomic mass is 10.0. The molecule has 1 heterocycles. The van der Waals surface area contributed by atoms with E-state index in [9.17, 15) is 13.2 Å². The third-order valence-corrected chi connectivity index (χ3v) is 4.10. The van der Waals surface area contributed by atoms with Crippen LogP contribution in [0.2, 0.25) is 0 Å². The molecule has 0 saturated heterocycles. The molecule has 2 aromatic rings. The van der Waals surface area contributed by atoms with Crippen LogP contribution in [0.25, 0.3) is 11.0 Å². The monoisotopic (exact) mass is 370 g/mol. The first kappa shape index (κ1) is 19.3. The molecular weight excluding hydrogens is 348 g/mol. The second kappa shape index (κ2) is 8.35. The van der Waals surface area contributed by atoms with E-state index in [-0.39, 0.29) is 19.0 Å². The molecule has 1 aromatic carbocycles. The summed E-state index contributed by atoms with van der Waals surface area (Å²) in [6.07, 6.45) is 2.81. The molecule has 0 saturated carbocycles. The fourth-order valence-electron chi connectivity index (χ4n) is 2.44. The van der Waals surface area contributed by atoms with Gasteiger partial charge in [0.2, 0.25) is 5.75 Å². The van der Waals surface area contributed by atoms with E-state index in [1.807, 2.05) is 13.0 Å². The van der Waals surface area contributed by atoms with E-state index in [0.29, 0.717) is 24.2 Å². The van der Waals surface area contributed by atoms with Crippen molar-refractivity contribution in [2.75, 3.05) is 26.6 Å². The molecule has 25 heavy (non-hydrogen) atoms. The normalized spacial score (nSPS) is 11.6. The van der Waals surface area contributed by atoms with Gasteiger partial charge in [-0.15, -0.1) is 0 Å². The number of fused-ring (bicyclic) bond motifs is 1. The molecule has 0 aliphatic carbocycles. The third kappa shape index (κ3) is 5.20. The molecule has 0 N–H and O–H groups in total. The predicted molar refractivity (Wildman–Crippen MR) is 93.9 cm³/mol. The Kier molecular flexibility index (Phi) is 6.44. The van der Waals surface area contributed by atoms with Crippen LogP contribution in [0.3, 0.4) is 0 Å². The van der Waals surface area contributed by atoms with E-state index in [2.05, 4.69) is 4.18 Å². The molecular formula is C17H22O7S. The van der Waals surface area contributed by atoms with Gasteiger partial charge in [-0.1, -0.05) is 13.3 Å². The molecule has 0 spiro atoms. The third-order valence-electron chi connectivity index (χ3n) is 3.51. The summed E-state index contributed by atoms with van der Waals surface area (Å²) >= 11 is 0. The second-order valence-electron chi connectivity index (χ2n) is 5.54. The van der Waals surface area contributed by atoms with Gasteiger partial charge in [0.1, 0.15) is 11.3 Å². The number of aryl methyl sites for hydroxylation is 1. The zero-order chi connectivity index (χ0) is 18.4. The maximum Gasteiger partial charge on any atom is 0.379 e. The molecule has 8 heteroatoms. The first-order valence-corrected chi connectivity index (χ1v) is 9.78. The van der Waals surface area contributed by atoms with Crippen LogP contribution in [0.4, 0.5) is 0 Å². The highest BCUT2D eigenvalue weighted by molar-refractivity contribution is 7.85. The summed E-state index contributed by atoms with van der Waals surface area (Å²) in [6, 6.07) is 5.30. The standard InChI is InChI=1S/C17H22O7S/c1-4-6-14-13-8-7-12(21-2)11-15(13)24-17(18)16(14)22-9-5-10-23-25(3,19)20/h7-8,11H,4-6,9-10H2,1-3H3. The summed E-state index contributed by atoms with van der Waals surface area (Å²) in [6.45, 7) is 2.16. The highest BCUT2D eigenvalue weighted by Gasteiger charge is 2.16. The van der Waals surface area contributed by atoms with Crippen LogP contribution in [0, 0.1) is 0 Å². The average molecular weight is 370 g/mol. The van der Waals surface area contributed by atoms with Crippen molar-refractivity contribution in [3.05, 3.63) is 34.2 Å². The van der Waals surface area contributed by atoms with Gasteiger partial charge >= 0.3 is 5.63 Å². The van der Waals surface area contributed by atoms with Crippen LogP contribution in [0.15, 0.2) is 27.4 Å². The van der Waals surface area contributed by atoms with Gasteiger partial charge in [0.15, 0.2) is 0 Å². The van der Waals surface area contributed by atoms with Crippen LogP contribution in [0.5, 0.6) is 11.5 Å². The predicted octanol–water partition coefficient (Wildman–Crippen LogP) is 2.50. The first-order valence-electron chi connectivity index (χ1n) is 7.96. The number of hydrogen-bond acceptors (Lipinski definition) is 7. The Morgan fingerprint density at radius 3 is 2.60 bits per heavy atom. The highest BCUT2D eigenvalue weighted by atomic mass is 32.2. The van der Waals surface area contributed by atoms with Gasteiger partial charge in [-0.05, 0) is 18.6 Å². The molecule has 0 unspecified atom stereocenters. The Bertz CT molecular complexity index is 884. The van der Waals surface area contributed by atoms with Gasteiger partial charge in [-0.3, -0.25) is 4.18 Å². The fourth-order valence-corrected chi connectivity index (χ4v) is 2.86. The van der Waals surface area contributed by atoms with Crippen molar-refractivity contribution in [3.8, 4) is 11.5 Å². The number of ether oxygens (including phenoxy) is 2. The van der Waals surface area contributed by atoms with Crippen LogP contribution >= 0.6 is 0 Å². The Labute approximate surface area is 146 Å². The average Bonchev–Trinajstić information content (AvgIpc) is 2.55. The van der Waals surface area contributed by atoms with Crippen molar-refractivity contribution < 1.29 is 26.5 Å². The van der Waals surface area contributed by atoms with Crippen LogP contribution in [-0.4, -0.2) is 35.0 Å². The lowest BCUT2D eigenvalue weighted by molar-refractivity contribution is 0.244. The van der Waals surface area contributed by atoms with Crippen LogP contribution in [0.1, 0.15) is 25.3 Å². The van der Waals surface area contributed by atoms with Crippen molar-refractivity contribution in [1.29, 1.82) is 0 Å². The minimum Gasteiger partial charge on any atom is -0.497 e. The number of hydrogen-bond donors (Lipinski definition) is 0. The smallest absolute Gasteiger partial charge is 0.379 e. The molecule has 0 aliphatic rings. The fraction of sp³-hybridized carbons (Fsp3) is 0.471. The van der Waals surface area contributed by atoms with Crippen molar-refractivity contribution in [2.24, 2.45) is 0 Å². The van der Waals surface area contributed by atoms with Gasteiger partial charge in [-0.25, -0.2) is 4.79 Å². The Morgan fingerprint density at radius 2 is 1.96 bits per heavy atom. The molecule has 0 atom stereocenters. The minimum absolute atomic E-state index is 0.00193. The van der Waals surface area contributed by atoms with Crippen LogP contribution < -0.4 is 15.1 Å². The van der Waals surface area contributed by atoms with E-state index < -0.39 is 15.7 Å². The van der Waals surface area contributed by atoms with E-state index in [0.717, 1.165) is 23.6 Å². The number of methoxy groups -OCH3 is 1. The van der Waals surface area contributed by atoms with Crippen molar-refractivity contribution >= 4 is 21.1 Å². The second-order valence-corrected chi connectivity index (χ2v) is 7.18. The maximum absolute atomic E-state index is 12.3. The van der Waals surface area contributed by atoms with Gasteiger partial charge < -0.3 is 13.9 Å². The van der Waals surface area contributed by atoms with Gasteiger partial charge in [0, 0.05) is 23.4 Å². The summed E-state index contributed by atoms with van der Waals surface area (Å²) in [5, 5.41) is 0.796.